The Kier molecular flexibility index (Phi) is 4.74. The Hall–Kier alpha value is -1.45. The molecule has 0 aliphatic rings. The number of hydrogen-bond donors (Lipinski definition) is 2. The van der Waals surface area contributed by atoms with Crippen LogP contribution < -0.4 is 10.6 Å². The number of nitriles is 1. The third-order valence-corrected chi connectivity index (χ3v) is 2.71. The Labute approximate surface area is 92.1 Å². The lowest BCUT2D eigenvalue weighted by atomic mass is 10.3. The van der Waals surface area contributed by atoms with Gasteiger partial charge in [0, 0.05) is 11.6 Å². The largest absolute Gasteiger partial charge is 0.342 e. The van der Waals surface area contributed by atoms with Crippen molar-refractivity contribution < 1.29 is 4.79 Å². The first-order valence-electron chi connectivity index (χ1n) is 4.50. The van der Waals surface area contributed by atoms with Crippen molar-refractivity contribution in [1.29, 1.82) is 5.26 Å². The zero-order valence-electron chi connectivity index (χ0n) is 8.36. The number of carbonyl (C=O) groups is 1. The molecular weight excluding hydrogens is 212 g/mol. The molecule has 2 N–H and O–H groups in total. The summed E-state index contributed by atoms with van der Waals surface area (Å²) in [5.74, 6) is -0.181. The molecule has 0 aliphatic heterocycles. The Bertz CT molecular complexity index is 343. The van der Waals surface area contributed by atoms with E-state index in [4.69, 9.17) is 5.26 Å². The van der Waals surface area contributed by atoms with Crippen LogP contribution in [0.3, 0.4) is 0 Å². The maximum absolute atomic E-state index is 11.1. The van der Waals surface area contributed by atoms with Gasteiger partial charge in [-0.2, -0.15) is 5.26 Å². The van der Waals surface area contributed by atoms with Crippen molar-refractivity contribution in [2.75, 3.05) is 13.1 Å². The highest BCUT2D eigenvalue weighted by Gasteiger charge is 2.08. The van der Waals surface area contributed by atoms with Crippen LogP contribution in [0.4, 0.5) is 0 Å². The standard InChI is InChI=1S/C9H12N4OS/c1-7(9-12-4-5-15-9)13-6-8(14)11-3-2-10/h4-5,7,13H,3,6H2,1H3,(H,11,14). The van der Waals surface area contributed by atoms with Crippen molar-refractivity contribution in [2.24, 2.45) is 0 Å². The van der Waals surface area contributed by atoms with E-state index in [1.54, 1.807) is 17.5 Å². The van der Waals surface area contributed by atoms with E-state index in [1.165, 1.54) is 0 Å². The lowest BCUT2D eigenvalue weighted by Gasteiger charge is -2.09. The summed E-state index contributed by atoms with van der Waals surface area (Å²) in [6.07, 6.45) is 1.73. The summed E-state index contributed by atoms with van der Waals surface area (Å²) in [6, 6.07) is 1.90. The first kappa shape index (κ1) is 11.6. The highest BCUT2D eigenvalue weighted by molar-refractivity contribution is 7.09. The fraction of sp³-hybridized carbons (Fsp3) is 0.444. The maximum Gasteiger partial charge on any atom is 0.234 e. The highest BCUT2D eigenvalue weighted by atomic mass is 32.1. The van der Waals surface area contributed by atoms with E-state index in [-0.39, 0.29) is 25.0 Å². The molecule has 1 rings (SSSR count). The summed E-state index contributed by atoms with van der Waals surface area (Å²) in [5, 5.41) is 16.6. The topological polar surface area (TPSA) is 77.8 Å². The molecule has 0 aliphatic carbocycles. The molecule has 1 aromatic heterocycles. The van der Waals surface area contributed by atoms with E-state index in [9.17, 15) is 4.79 Å². The molecule has 1 atom stereocenters. The lowest BCUT2D eigenvalue weighted by Crippen LogP contribution is -2.35. The molecule has 0 saturated carbocycles. The predicted molar refractivity (Wildman–Crippen MR) is 57.2 cm³/mol. The van der Waals surface area contributed by atoms with Gasteiger partial charge in [-0.1, -0.05) is 0 Å². The number of nitrogens with zero attached hydrogens (tertiary/aromatic N) is 2. The molecule has 6 heteroatoms. The Balaban J connectivity index is 2.26. The van der Waals surface area contributed by atoms with Crippen LogP contribution in [-0.2, 0) is 4.79 Å². The van der Waals surface area contributed by atoms with Crippen molar-refractivity contribution in [2.45, 2.75) is 13.0 Å². The number of aromatic nitrogens is 1. The fourth-order valence-corrected chi connectivity index (χ4v) is 1.65. The van der Waals surface area contributed by atoms with Crippen molar-refractivity contribution >= 4 is 17.2 Å². The summed E-state index contributed by atoms with van der Waals surface area (Å²) in [7, 11) is 0. The molecule has 0 bridgehead atoms. The molecule has 0 spiro atoms. The molecule has 1 aromatic rings. The van der Waals surface area contributed by atoms with Gasteiger partial charge in [-0.3, -0.25) is 10.1 Å². The van der Waals surface area contributed by atoms with Crippen LogP contribution in [0.5, 0.6) is 0 Å². The van der Waals surface area contributed by atoms with Crippen molar-refractivity contribution in [3.63, 3.8) is 0 Å². The number of amides is 1. The van der Waals surface area contributed by atoms with Crippen LogP contribution in [0.1, 0.15) is 18.0 Å². The van der Waals surface area contributed by atoms with Crippen LogP contribution >= 0.6 is 11.3 Å². The zero-order chi connectivity index (χ0) is 11.1. The van der Waals surface area contributed by atoms with Gasteiger partial charge in [-0.05, 0) is 6.92 Å². The van der Waals surface area contributed by atoms with Gasteiger partial charge >= 0.3 is 0 Å². The second kappa shape index (κ2) is 6.11. The molecule has 0 aromatic carbocycles. The normalized spacial score (nSPS) is 11.7. The molecule has 1 heterocycles. The van der Waals surface area contributed by atoms with Gasteiger partial charge in [-0.15, -0.1) is 11.3 Å². The van der Waals surface area contributed by atoms with Gasteiger partial charge in [0.2, 0.25) is 5.91 Å². The second-order valence-corrected chi connectivity index (χ2v) is 3.83. The minimum Gasteiger partial charge on any atom is -0.342 e. The summed E-state index contributed by atoms with van der Waals surface area (Å²) in [5.41, 5.74) is 0. The molecular formula is C9H12N4OS. The van der Waals surface area contributed by atoms with Crippen LogP contribution in [0.2, 0.25) is 0 Å². The summed E-state index contributed by atoms with van der Waals surface area (Å²) in [4.78, 5) is 15.3. The van der Waals surface area contributed by atoms with Gasteiger partial charge in [-0.25, -0.2) is 4.98 Å². The number of hydrogen-bond acceptors (Lipinski definition) is 5. The smallest absolute Gasteiger partial charge is 0.234 e. The van der Waals surface area contributed by atoms with Crippen LogP contribution in [0.15, 0.2) is 11.6 Å². The number of carbonyl (C=O) groups excluding carboxylic acids is 1. The zero-order valence-corrected chi connectivity index (χ0v) is 9.17. The molecule has 1 unspecified atom stereocenters. The molecule has 1 amide bonds. The average Bonchev–Trinajstić information content (AvgIpc) is 2.76. The second-order valence-electron chi connectivity index (χ2n) is 2.91. The fourth-order valence-electron chi connectivity index (χ4n) is 0.982. The molecule has 80 valence electrons. The lowest BCUT2D eigenvalue weighted by molar-refractivity contribution is -0.120. The number of rotatable bonds is 5. The quantitative estimate of drug-likeness (QED) is 0.711. The first-order chi connectivity index (χ1) is 7.24. The van der Waals surface area contributed by atoms with Crippen molar-refractivity contribution in [3.05, 3.63) is 16.6 Å². The van der Waals surface area contributed by atoms with Gasteiger partial charge in [0.25, 0.3) is 0 Å². The van der Waals surface area contributed by atoms with E-state index in [0.29, 0.717) is 0 Å². The summed E-state index contributed by atoms with van der Waals surface area (Å²) in [6.45, 7) is 2.19. The van der Waals surface area contributed by atoms with Crippen molar-refractivity contribution in [1.82, 2.24) is 15.6 Å². The SMILES string of the molecule is CC(NCC(=O)NCC#N)c1nccs1. The minimum atomic E-state index is -0.181. The van der Waals surface area contributed by atoms with E-state index in [0.717, 1.165) is 5.01 Å². The maximum atomic E-state index is 11.1. The third kappa shape index (κ3) is 4.06. The predicted octanol–water partition coefficient (Wildman–Crippen LogP) is 0.433. The number of thiazole rings is 1. The summed E-state index contributed by atoms with van der Waals surface area (Å²) < 4.78 is 0. The molecule has 0 radical (unpaired) electrons. The van der Waals surface area contributed by atoms with Crippen LogP contribution in [0.25, 0.3) is 0 Å². The third-order valence-electron chi connectivity index (χ3n) is 1.76. The van der Waals surface area contributed by atoms with Gasteiger partial charge < -0.3 is 5.32 Å². The van der Waals surface area contributed by atoms with Crippen molar-refractivity contribution in [3.8, 4) is 6.07 Å². The number of nitrogens with one attached hydrogen (secondary N) is 2. The van der Waals surface area contributed by atoms with Crippen LogP contribution in [0, 0.1) is 11.3 Å². The van der Waals surface area contributed by atoms with E-state index < -0.39 is 0 Å². The van der Waals surface area contributed by atoms with E-state index in [2.05, 4.69) is 15.6 Å². The minimum absolute atomic E-state index is 0.0478. The first-order valence-corrected chi connectivity index (χ1v) is 5.38. The summed E-state index contributed by atoms with van der Waals surface area (Å²) >= 11 is 1.54. The van der Waals surface area contributed by atoms with Gasteiger partial charge in [0.15, 0.2) is 0 Å². The molecule has 0 fully saturated rings. The van der Waals surface area contributed by atoms with E-state index in [1.807, 2.05) is 18.4 Å². The Morgan fingerprint density at radius 1 is 1.80 bits per heavy atom. The molecule has 15 heavy (non-hydrogen) atoms. The van der Waals surface area contributed by atoms with Crippen LogP contribution in [-0.4, -0.2) is 24.0 Å². The van der Waals surface area contributed by atoms with Gasteiger partial charge in [0.1, 0.15) is 11.6 Å². The molecule has 5 nitrogen and oxygen atoms in total. The Morgan fingerprint density at radius 2 is 2.60 bits per heavy atom. The average molecular weight is 224 g/mol. The van der Waals surface area contributed by atoms with E-state index >= 15 is 0 Å². The Morgan fingerprint density at radius 3 is 3.20 bits per heavy atom. The monoisotopic (exact) mass is 224 g/mol. The highest BCUT2D eigenvalue weighted by Crippen LogP contribution is 2.13. The van der Waals surface area contributed by atoms with Gasteiger partial charge in [0.05, 0.1) is 18.7 Å². The molecule has 0 saturated heterocycles.